The van der Waals surface area contributed by atoms with E-state index in [1.54, 1.807) is 30.3 Å². The molecule has 0 saturated carbocycles. The van der Waals surface area contributed by atoms with Gasteiger partial charge in [-0.15, -0.1) is 0 Å². The number of carbonyl (C=O) groups is 1. The van der Waals surface area contributed by atoms with Gasteiger partial charge in [0.05, 0.1) is 20.8 Å². The first-order valence-corrected chi connectivity index (χ1v) is 6.88. The Kier molecular flexibility index (Phi) is 4.76. The Balaban J connectivity index is 2.15. The Hall–Kier alpha value is -1.42. The lowest BCUT2D eigenvalue weighted by molar-refractivity contribution is 0.1000. The molecule has 2 rings (SSSR count). The number of hydrogen-bond acceptors (Lipinski definition) is 2. The molecule has 0 heterocycles. The highest BCUT2D eigenvalue weighted by Crippen LogP contribution is 2.32. The van der Waals surface area contributed by atoms with E-state index in [2.05, 4.69) is 5.32 Å². The molecule has 1 amide bonds. The predicted octanol–water partition coefficient (Wildman–Crippen LogP) is 4.36. The number of amides is 1. The standard InChI is InChI=1S/C14H11Cl3N2O/c15-10-5-12(17)13(6-11(10)16)19-7-8-2-1-3-9(4-8)14(18)20/h1-6,19H,7H2,(H2,18,20). The monoisotopic (exact) mass is 328 g/mol. The van der Waals surface area contributed by atoms with Crippen LogP contribution in [0.1, 0.15) is 15.9 Å². The lowest BCUT2D eigenvalue weighted by Crippen LogP contribution is -2.11. The molecule has 3 nitrogen and oxygen atoms in total. The van der Waals surface area contributed by atoms with E-state index >= 15 is 0 Å². The minimum absolute atomic E-state index is 0.401. The van der Waals surface area contributed by atoms with Gasteiger partial charge in [-0.25, -0.2) is 0 Å². The normalized spacial score (nSPS) is 10.3. The van der Waals surface area contributed by atoms with Crippen molar-refractivity contribution in [1.29, 1.82) is 0 Å². The molecule has 0 spiro atoms. The minimum Gasteiger partial charge on any atom is -0.380 e. The van der Waals surface area contributed by atoms with Crippen LogP contribution in [-0.2, 0) is 6.54 Å². The van der Waals surface area contributed by atoms with Crippen molar-refractivity contribution in [2.24, 2.45) is 5.73 Å². The number of halogens is 3. The molecular formula is C14H11Cl3N2O. The smallest absolute Gasteiger partial charge is 0.248 e. The summed E-state index contributed by atoms with van der Waals surface area (Å²) in [7, 11) is 0. The highest BCUT2D eigenvalue weighted by Gasteiger charge is 2.06. The van der Waals surface area contributed by atoms with E-state index in [0.717, 1.165) is 5.56 Å². The molecule has 0 aliphatic heterocycles. The van der Waals surface area contributed by atoms with Gasteiger partial charge in [0.15, 0.2) is 0 Å². The average molecular weight is 330 g/mol. The van der Waals surface area contributed by atoms with E-state index in [0.29, 0.717) is 32.9 Å². The molecule has 0 unspecified atom stereocenters. The molecule has 0 fully saturated rings. The number of nitrogens with two attached hydrogens (primary N) is 1. The SMILES string of the molecule is NC(=O)c1cccc(CNc2cc(Cl)c(Cl)cc2Cl)c1. The highest BCUT2D eigenvalue weighted by molar-refractivity contribution is 6.44. The topological polar surface area (TPSA) is 55.1 Å². The van der Waals surface area contributed by atoms with Crippen molar-refractivity contribution in [2.45, 2.75) is 6.54 Å². The maximum Gasteiger partial charge on any atom is 0.248 e. The summed E-state index contributed by atoms with van der Waals surface area (Å²) < 4.78 is 0. The summed E-state index contributed by atoms with van der Waals surface area (Å²) in [6.45, 7) is 0.485. The fourth-order valence-electron chi connectivity index (χ4n) is 1.69. The Bertz CT molecular complexity index is 659. The van der Waals surface area contributed by atoms with Crippen LogP contribution in [0.4, 0.5) is 5.69 Å². The van der Waals surface area contributed by atoms with Gasteiger partial charge in [-0.3, -0.25) is 4.79 Å². The highest BCUT2D eigenvalue weighted by atomic mass is 35.5. The van der Waals surface area contributed by atoms with Gasteiger partial charge in [0.25, 0.3) is 0 Å². The van der Waals surface area contributed by atoms with Crippen LogP contribution < -0.4 is 11.1 Å². The number of hydrogen-bond donors (Lipinski definition) is 2. The minimum atomic E-state index is -0.459. The molecule has 0 aliphatic carbocycles. The number of carbonyl (C=O) groups excluding carboxylic acids is 1. The van der Waals surface area contributed by atoms with Crippen LogP contribution in [0.3, 0.4) is 0 Å². The van der Waals surface area contributed by atoms with E-state index in [1.165, 1.54) is 0 Å². The zero-order valence-corrected chi connectivity index (χ0v) is 12.6. The van der Waals surface area contributed by atoms with Crippen molar-refractivity contribution in [1.82, 2.24) is 0 Å². The van der Waals surface area contributed by atoms with Crippen molar-refractivity contribution in [3.8, 4) is 0 Å². The maximum atomic E-state index is 11.1. The Morgan fingerprint density at radius 2 is 1.75 bits per heavy atom. The van der Waals surface area contributed by atoms with Crippen LogP contribution in [0.2, 0.25) is 15.1 Å². The molecule has 0 saturated heterocycles. The summed E-state index contributed by atoms with van der Waals surface area (Å²) in [6, 6.07) is 10.3. The summed E-state index contributed by atoms with van der Waals surface area (Å²) in [5.74, 6) is -0.459. The predicted molar refractivity (Wildman–Crippen MR) is 83.8 cm³/mol. The van der Waals surface area contributed by atoms with Gasteiger partial charge in [0.1, 0.15) is 0 Å². The zero-order valence-electron chi connectivity index (χ0n) is 10.3. The van der Waals surface area contributed by atoms with Crippen LogP contribution in [0.25, 0.3) is 0 Å². The van der Waals surface area contributed by atoms with Crippen LogP contribution >= 0.6 is 34.8 Å². The molecule has 20 heavy (non-hydrogen) atoms. The molecule has 2 aromatic rings. The molecule has 0 atom stereocenters. The summed E-state index contributed by atoms with van der Waals surface area (Å²) in [6.07, 6.45) is 0. The fourth-order valence-corrected chi connectivity index (χ4v) is 2.30. The molecular weight excluding hydrogens is 319 g/mol. The van der Waals surface area contributed by atoms with Gasteiger partial charge in [0, 0.05) is 12.1 Å². The Morgan fingerprint density at radius 3 is 2.45 bits per heavy atom. The number of rotatable bonds is 4. The lowest BCUT2D eigenvalue weighted by Gasteiger charge is -2.10. The van der Waals surface area contributed by atoms with Gasteiger partial charge in [-0.05, 0) is 29.8 Å². The van der Waals surface area contributed by atoms with Crippen molar-refractivity contribution < 1.29 is 4.79 Å². The summed E-state index contributed by atoms with van der Waals surface area (Å²) in [4.78, 5) is 11.1. The lowest BCUT2D eigenvalue weighted by atomic mass is 10.1. The number of anilines is 1. The third-order valence-electron chi connectivity index (χ3n) is 2.70. The molecule has 3 N–H and O–H groups in total. The van der Waals surface area contributed by atoms with Gasteiger partial charge < -0.3 is 11.1 Å². The van der Waals surface area contributed by atoms with Crippen LogP contribution in [0.5, 0.6) is 0 Å². The van der Waals surface area contributed by atoms with Gasteiger partial charge >= 0.3 is 0 Å². The molecule has 6 heteroatoms. The molecule has 2 aromatic carbocycles. The summed E-state index contributed by atoms with van der Waals surface area (Å²) in [5, 5.41) is 4.44. The van der Waals surface area contributed by atoms with Gasteiger partial charge in [-0.2, -0.15) is 0 Å². The third kappa shape index (κ3) is 3.57. The van der Waals surface area contributed by atoms with Crippen LogP contribution in [0, 0.1) is 0 Å². The molecule has 104 valence electrons. The summed E-state index contributed by atoms with van der Waals surface area (Å²) in [5.41, 5.74) is 7.28. The van der Waals surface area contributed by atoms with E-state index in [-0.39, 0.29) is 0 Å². The maximum absolute atomic E-state index is 11.1. The second-order valence-corrected chi connectivity index (χ2v) is 5.39. The zero-order chi connectivity index (χ0) is 14.7. The van der Waals surface area contributed by atoms with E-state index < -0.39 is 5.91 Å². The van der Waals surface area contributed by atoms with Gasteiger partial charge in [-0.1, -0.05) is 46.9 Å². The molecule has 0 radical (unpaired) electrons. The number of primary amides is 1. The first kappa shape index (κ1) is 15.0. The van der Waals surface area contributed by atoms with E-state index in [4.69, 9.17) is 40.5 Å². The Labute approximate surface area is 131 Å². The molecule has 0 aromatic heterocycles. The average Bonchev–Trinajstić information content (AvgIpc) is 2.41. The molecule has 0 bridgehead atoms. The fraction of sp³-hybridized carbons (Fsp3) is 0.0714. The van der Waals surface area contributed by atoms with Crippen molar-refractivity contribution in [2.75, 3.05) is 5.32 Å². The second kappa shape index (κ2) is 6.35. The van der Waals surface area contributed by atoms with Crippen LogP contribution in [0.15, 0.2) is 36.4 Å². The molecule has 0 aliphatic rings. The Morgan fingerprint density at radius 1 is 1.05 bits per heavy atom. The quantitative estimate of drug-likeness (QED) is 0.819. The third-order valence-corrected chi connectivity index (χ3v) is 3.74. The van der Waals surface area contributed by atoms with Crippen molar-refractivity contribution in [3.63, 3.8) is 0 Å². The van der Waals surface area contributed by atoms with Crippen molar-refractivity contribution >= 4 is 46.4 Å². The van der Waals surface area contributed by atoms with Crippen LogP contribution in [-0.4, -0.2) is 5.91 Å². The number of nitrogens with one attached hydrogen (secondary N) is 1. The number of benzene rings is 2. The van der Waals surface area contributed by atoms with E-state index in [9.17, 15) is 4.79 Å². The van der Waals surface area contributed by atoms with E-state index in [1.807, 2.05) is 6.07 Å². The first-order chi connectivity index (χ1) is 9.47. The second-order valence-electron chi connectivity index (χ2n) is 4.16. The first-order valence-electron chi connectivity index (χ1n) is 5.74. The largest absolute Gasteiger partial charge is 0.380 e. The van der Waals surface area contributed by atoms with Gasteiger partial charge in [0.2, 0.25) is 5.91 Å². The van der Waals surface area contributed by atoms with Crippen molar-refractivity contribution in [3.05, 3.63) is 62.6 Å². The summed E-state index contributed by atoms with van der Waals surface area (Å²) >= 11 is 17.9.